The molecule has 0 aromatic heterocycles. The molecule has 2 saturated carbocycles. The van der Waals surface area contributed by atoms with Crippen molar-refractivity contribution in [2.45, 2.75) is 56.2 Å². The van der Waals surface area contributed by atoms with Gasteiger partial charge in [0.05, 0.1) is 17.3 Å². The minimum Gasteiger partial charge on any atom is -0.458 e. The molecule has 4 aliphatic rings. The molecule has 2 saturated heterocycles. The molecular weight excluding hydrogens is 260 g/mol. The molecular formula is C15H20O5. The first kappa shape index (κ1) is 12.8. The average molecular weight is 280 g/mol. The van der Waals surface area contributed by atoms with Crippen molar-refractivity contribution in [3.63, 3.8) is 0 Å². The van der Waals surface area contributed by atoms with Crippen LogP contribution in [0.1, 0.15) is 26.7 Å². The van der Waals surface area contributed by atoms with Crippen LogP contribution >= 0.6 is 0 Å². The van der Waals surface area contributed by atoms with Gasteiger partial charge >= 0.3 is 5.97 Å². The molecule has 0 spiro atoms. The molecule has 0 aromatic rings. The van der Waals surface area contributed by atoms with Gasteiger partial charge in [-0.2, -0.15) is 0 Å². The van der Waals surface area contributed by atoms with E-state index in [2.05, 4.69) is 6.58 Å². The second-order valence-electron chi connectivity index (χ2n) is 7.20. The van der Waals surface area contributed by atoms with Crippen molar-refractivity contribution in [2.75, 3.05) is 0 Å². The molecule has 2 aliphatic carbocycles. The molecule has 0 aromatic carbocycles. The fourth-order valence-corrected chi connectivity index (χ4v) is 4.81. The van der Waals surface area contributed by atoms with Crippen molar-refractivity contribution in [1.82, 2.24) is 0 Å². The van der Waals surface area contributed by atoms with E-state index in [0.717, 1.165) is 0 Å². The Kier molecular flexibility index (Phi) is 2.21. The lowest BCUT2D eigenvalue weighted by Crippen LogP contribution is -2.50. The third-order valence-corrected chi connectivity index (χ3v) is 5.90. The Hall–Kier alpha value is -0.910. The second kappa shape index (κ2) is 3.46. The Bertz CT molecular complexity index is 508. The predicted molar refractivity (Wildman–Crippen MR) is 68.6 cm³/mol. The summed E-state index contributed by atoms with van der Waals surface area (Å²) in [6.45, 7) is 7.37. The van der Waals surface area contributed by atoms with Gasteiger partial charge in [0.15, 0.2) is 0 Å². The van der Waals surface area contributed by atoms with Crippen LogP contribution in [0.15, 0.2) is 12.2 Å². The quantitative estimate of drug-likeness (QED) is 0.381. The van der Waals surface area contributed by atoms with E-state index in [1.165, 1.54) is 0 Å². The minimum atomic E-state index is -1.07. The Labute approximate surface area is 117 Å². The summed E-state index contributed by atoms with van der Waals surface area (Å²) in [5.74, 6) is -0.960. The summed E-state index contributed by atoms with van der Waals surface area (Å²) in [4.78, 5) is 11.8. The van der Waals surface area contributed by atoms with E-state index in [-0.39, 0.29) is 42.0 Å². The topological polar surface area (TPSA) is 79.3 Å². The highest BCUT2D eigenvalue weighted by Gasteiger charge is 2.75. The van der Waals surface area contributed by atoms with Crippen molar-refractivity contribution < 1.29 is 24.5 Å². The molecule has 0 radical (unpaired) electrons. The maximum absolute atomic E-state index is 11.8. The summed E-state index contributed by atoms with van der Waals surface area (Å²) in [6.07, 6.45) is 0.447. The normalized spacial score (nSPS) is 60.4. The van der Waals surface area contributed by atoms with Gasteiger partial charge in [0, 0.05) is 23.3 Å². The van der Waals surface area contributed by atoms with Gasteiger partial charge in [0.25, 0.3) is 0 Å². The molecule has 2 heterocycles. The lowest BCUT2D eigenvalue weighted by Gasteiger charge is -2.40. The zero-order valence-electron chi connectivity index (χ0n) is 11.7. The van der Waals surface area contributed by atoms with Crippen LogP contribution in [0.3, 0.4) is 0 Å². The van der Waals surface area contributed by atoms with E-state index in [0.29, 0.717) is 18.4 Å². The fraction of sp³-hybridized carbons (Fsp3) is 0.800. The lowest BCUT2D eigenvalue weighted by atomic mass is 9.73. The van der Waals surface area contributed by atoms with Gasteiger partial charge in [-0.05, 0) is 26.7 Å². The van der Waals surface area contributed by atoms with Gasteiger partial charge in [-0.15, -0.1) is 0 Å². The number of esters is 1. The monoisotopic (exact) mass is 280 g/mol. The summed E-state index contributed by atoms with van der Waals surface area (Å²) in [7, 11) is 0. The number of carbonyl (C=O) groups is 1. The highest BCUT2D eigenvalue weighted by Crippen LogP contribution is 2.62. The number of epoxide rings is 1. The van der Waals surface area contributed by atoms with E-state index >= 15 is 0 Å². The van der Waals surface area contributed by atoms with Crippen LogP contribution < -0.4 is 0 Å². The first-order valence-corrected chi connectivity index (χ1v) is 7.25. The standard InChI is InChI=1S/C15H20O5/c1-6-7-4-5-14(2,17)8-9(10(7)20-13(6)16)15(3,18)12-11(8)19-12/h7-12,17-18H,1,4-5H2,2-3H3. The smallest absolute Gasteiger partial charge is 0.334 e. The van der Waals surface area contributed by atoms with Gasteiger partial charge in [-0.3, -0.25) is 0 Å². The SMILES string of the molecule is C=C1C(=O)OC2C1CCC(C)(O)C1C3OC3C(C)(O)C21. The number of fused-ring (bicyclic) bond motifs is 5. The molecule has 4 rings (SSSR count). The number of aliphatic hydroxyl groups is 2. The van der Waals surface area contributed by atoms with E-state index in [1.807, 2.05) is 0 Å². The molecule has 0 amide bonds. The Morgan fingerprint density at radius 3 is 2.65 bits per heavy atom. The molecule has 8 unspecified atom stereocenters. The molecule has 110 valence electrons. The fourth-order valence-electron chi connectivity index (χ4n) is 4.81. The van der Waals surface area contributed by atoms with Gasteiger partial charge in [0.2, 0.25) is 0 Å². The summed E-state index contributed by atoms with van der Waals surface area (Å²) < 4.78 is 11.1. The van der Waals surface area contributed by atoms with E-state index < -0.39 is 11.2 Å². The maximum Gasteiger partial charge on any atom is 0.334 e. The van der Waals surface area contributed by atoms with Crippen LogP contribution in [0.5, 0.6) is 0 Å². The molecule has 0 bridgehead atoms. The molecule has 2 N–H and O–H groups in total. The maximum atomic E-state index is 11.8. The van der Waals surface area contributed by atoms with Crippen LogP contribution in [0.2, 0.25) is 0 Å². The number of rotatable bonds is 0. The Balaban J connectivity index is 1.81. The molecule has 20 heavy (non-hydrogen) atoms. The second-order valence-corrected chi connectivity index (χ2v) is 7.20. The van der Waals surface area contributed by atoms with Crippen molar-refractivity contribution in [2.24, 2.45) is 17.8 Å². The first-order valence-electron chi connectivity index (χ1n) is 7.25. The van der Waals surface area contributed by atoms with Crippen LogP contribution in [0.4, 0.5) is 0 Å². The molecule has 5 heteroatoms. The average Bonchev–Trinajstić information content (AvgIpc) is 3.04. The summed E-state index contributed by atoms with van der Waals surface area (Å²) in [5.41, 5.74) is -1.51. The van der Waals surface area contributed by atoms with Crippen molar-refractivity contribution in [1.29, 1.82) is 0 Å². The van der Waals surface area contributed by atoms with Crippen LogP contribution in [0.25, 0.3) is 0 Å². The lowest BCUT2D eigenvalue weighted by molar-refractivity contribution is -0.160. The highest BCUT2D eigenvalue weighted by atomic mass is 16.6. The summed E-state index contributed by atoms with van der Waals surface area (Å²) in [6, 6.07) is 0. The predicted octanol–water partition coefficient (Wildman–Crippen LogP) is 0.393. The third kappa shape index (κ3) is 1.36. The van der Waals surface area contributed by atoms with Gasteiger partial charge in [-0.25, -0.2) is 4.79 Å². The number of hydrogen-bond donors (Lipinski definition) is 2. The van der Waals surface area contributed by atoms with Crippen LogP contribution in [-0.2, 0) is 14.3 Å². The largest absolute Gasteiger partial charge is 0.458 e. The molecule has 5 nitrogen and oxygen atoms in total. The van der Waals surface area contributed by atoms with E-state index in [1.54, 1.807) is 13.8 Å². The zero-order chi connectivity index (χ0) is 14.4. The Morgan fingerprint density at radius 2 is 1.95 bits per heavy atom. The van der Waals surface area contributed by atoms with Crippen molar-refractivity contribution >= 4 is 5.97 Å². The van der Waals surface area contributed by atoms with E-state index in [9.17, 15) is 15.0 Å². The van der Waals surface area contributed by atoms with Crippen molar-refractivity contribution in [3.8, 4) is 0 Å². The molecule has 4 fully saturated rings. The van der Waals surface area contributed by atoms with Gasteiger partial charge in [0.1, 0.15) is 12.2 Å². The number of carbonyl (C=O) groups excluding carboxylic acids is 1. The van der Waals surface area contributed by atoms with Crippen molar-refractivity contribution in [3.05, 3.63) is 12.2 Å². The summed E-state index contributed by atoms with van der Waals surface area (Å²) in [5, 5.41) is 21.6. The highest BCUT2D eigenvalue weighted by molar-refractivity contribution is 5.90. The van der Waals surface area contributed by atoms with Crippen LogP contribution in [-0.4, -0.2) is 45.7 Å². The molecule has 2 aliphatic heterocycles. The number of ether oxygens (including phenoxy) is 2. The Morgan fingerprint density at radius 1 is 1.25 bits per heavy atom. The summed E-state index contributed by atoms with van der Waals surface area (Å²) >= 11 is 0. The van der Waals surface area contributed by atoms with Gasteiger partial charge in [-0.1, -0.05) is 6.58 Å². The van der Waals surface area contributed by atoms with E-state index in [4.69, 9.17) is 9.47 Å². The zero-order valence-corrected chi connectivity index (χ0v) is 11.7. The van der Waals surface area contributed by atoms with Crippen LogP contribution in [0, 0.1) is 17.8 Å². The van der Waals surface area contributed by atoms with Gasteiger partial charge < -0.3 is 19.7 Å². The number of hydrogen-bond acceptors (Lipinski definition) is 5. The molecule has 8 atom stereocenters. The third-order valence-electron chi connectivity index (χ3n) is 5.90. The minimum absolute atomic E-state index is 0.104. The first-order chi connectivity index (χ1) is 9.25.